The summed E-state index contributed by atoms with van der Waals surface area (Å²) in [6.07, 6.45) is 1.20. The molecule has 1 aliphatic rings. The first kappa shape index (κ1) is 19.2. The standard InChI is InChI=1S/C9H11Cl3O6S3/c1-5-4-6(2)8(20(11,15)16)9(3,21(12,17)18)7(5)19(10,13)14/h4,7H,1-3H3. The fraction of sp³-hybridized carbons (Fsp3) is 0.556. The van der Waals surface area contributed by atoms with Gasteiger partial charge in [-0.1, -0.05) is 11.6 Å². The molecule has 21 heavy (non-hydrogen) atoms. The van der Waals surface area contributed by atoms with Crippen LogP contribution in [0.2, 0.25) is 0 Å². The van der Waals surface area contributed by atoms with Gasteiger partial charge in [0.15, 0.2) is 0 Å². The fourth-order valence-corrected chi connectivity index (χ4v) is 10.0. The quantitative estimate of drug-likeness (QED) is 0.651. The first-order valence-corrected chi connectivity index (χ1v) is 12.3. The third-order valence-electron chi connectivity index (χ3n) is 3.20. The third kappa shape index (κ3) is 3.28. The summed E-state index contributed by atoms with van der Waals surface area (Å²) in [5.41, 5.74) is 0.0177. The van der Waals surface area contributed by atoms with Gasteiger partial charge in [-0.2, -0.15) is 0 Å². The van der Waals surface area contributed by atoms with Crippen LogP contribution in [0.3, 0.4) is 0 Å². The predicted octanol–water partition coefficient (Wildman–Crippen LogP) is 2.05. The molecule has 1 aliphatic carbocycles. The number of rotatable bonds is 3. The molecule has 0 bridgehead atoms. The Hall–Kier alpha value is 0.200. The van der Waals surface area contributed by atoms with Gasteiger partial charge in [0.25, 0.3) is 9.05 Å². The van der Waals surface area contributed by atoms with Gasteiger partial charge in [0.2, 0.25) is 18.1 Å². The summed E-state index contributed by atoms with van der Waals surface area (Å²) in [4.78, 5) is -0.800. The van der Waals surface area contributed by atoms with E-state index < -0.39 is 42.1 Å². The highest BCUT2D eigenvalue weighted by Crippen LogP contribution is 2.48. The van der Waals surface area contributed by atoms with Crippen LogP contribution in [0.15, 0.2) is 22.1 Å². The van der Waals surface area contributed by atoms with Crippen LogP contribution in [0.4, 0.5) is 0 Å². The first-order chi connectivity index (χ1) is 9.04. The van der Waals surface area contributed by atoms with E-state index in [2.05, 4.69) is 0 Å². The van der Waals surface area contributed by atoms with Crippen LogP contribution in [0.25, 0.3) is 0 Å². The second kappa shape index (κ2) is 5.38. The van der Waals surface area contributed by atoms with E-state index in [-0.39, 0.29) is 11.1 Å². The van der Waals surface area contributed by atoms with E-state index >= 15 is 0 Å². The van der Waals surface area contributed by atoms with Crippen molar-refractivity contribution in [2.24, 2.45) is 0 Å². The van der Waals surface area contributed by atoms with Crippen molar-refractivity contribution in [3.8, 4) is 0 Å². The average molecular weight is 418 g/mol. The van der Waals surface area contributed by atoms with Crippen LogP contribution < -0.4 is 0 Å². The van der Waals surface area contributed by atoms with Gasteiger partial charge >= 0.3 is 0 Å². The molecule has 12 heteroatoms. The van der Waals surface area contributed by atoms with Gasteiger partial charge in [-0.15, -0.1) is 0 Å². The lowest BCUT2D eigenvalue weighted by atomic mass is 9.91. The van der Waals surface area contributed by atoms with E-state index in [1.807, 2.05) is 0 Å². The minimum absolute atomic E-state index is 0.0224. The molecule has 6 nitrogen and oxygen atoms in total. The van der Waals surface area contributed by atoms with Crippen LogP contribution in [0.5, 0.6) is 0 Å². The van der Waals surface area contributed by atoms with E-state index in [0.717, 1.165) is 6.92 Å². The Kier molecular flexibility index (Phi) is 4.93. The molecule has 0 aromatic heterocycles. The van der Waals surface area contributed by atoms with Crippen LogP contribution in [0.1, 0.15) is 20.8 Å². The number of hydrogen-bond donors (Lipinski definition) is 0. The highest BCUT2D eigenvalue weighted by Gasteiger charge is 2.59. The van der Waals surface area contributed by atoms with E-state index in [0.29, 0.717) is 0 Å². The second-order valence-electron chi connectivity index (χ2n) is 4.74. The number of allylic oxidation sites excluding steroid dienone is 2. The molecule has 0 radical (unpaired) electrons. The van der Waals surface area contributed by atoms with Gasteiger partial charge in [-0.3, -0.25) is 0 Å². The lowest BCUT2D eigenvalue weighted by Crippen LogP contribution is -2.52. The van der Waals surface area contributed by atoms with Crippen molar-refractivity contribution in [1.29, 1.82) is 0 Å². The van der Waals surface area contributed by atoms with Crippen molar-refractivity contribution in [3.05, 3.63) is 22.1 Å². The summed E-state index contributed by atoms with van der Waals surface area (Å²) in [5, 5.41) is -1.87. The van der Waals surface area contributed by atoms with Crippen molar-refractivity contribution in [2.45, 2.75) is 30.8 Å². The molecule has 0 spiro atoms. The molecule has 122 valence electrons. The van der Waals surface area contributed by atoms with Crippen LogP contribution in [-0.2, 0) is 27.2 Å². The van der Waals surface area contributed by atoms with Crippen molar-refractivity contribution in [1.82, 2.24) is 0 Å². The molecule has 2 unspecified atom stereocenters. The summed E-state index contributed by atoms with van der Waals surface area (Å²) in [6.45, 7) is 3.47. The van der Waals surface area contributed by atoms with Crippen LogP contribution in [-0.4, -0.2) is 35.3 Å². The van der Waals surface area contributed by atoms with Gasteiger partial charge in [0, 0.05) is 32.0 Å². The smallest absolute Gasteiger partial charge is 0.212 e. The Morgan fingerprint density at radius 3 is 1.71 bits per heavy atom. The molecule has 0 aromatic carbocycles. The van der Waals surface area contributed by atoms with Crippen molar-refractivity contribution in [2.75, 3.05) is 0 Å². The Morgan fingerprint density at radius 2 is 1.43 bits per heavy atom. The predicted molar refractivity (Wildman–Crippen MR) is 83.0 cm³/mol. The SMILES string of the molecule is CC1=CC(C)=C(S(=O)(=O)Cl)C(C)(S(=O)(=O)Cl)C1S(=O)(=O)Cl. The molecule has 0 aromatic rings. The van der Waals surface area contributed by atoms with Crippen molar-refractivity contribution >= 4 is 59.2 Å². The van der Waals surface area contributed by atoms with E-state index in [1.54, 1.807) is 0 Å². The topological polar surface area (TPSA) is 102 Å². The molecule has 2 atom stereocenters. The average Bonchev–Trinajstić information content (AvgIpc) is 2.08. The maximum atomic E-state index is 12.0. The molecule has 0 saturated carbocycles. The zero-order chi connectivity index (χ0) is 17.0. The van der Waals surface area contributed by atoms with Gasteiger partial charge in [-0.05, 0) is 26.3 Å². The second-order valence-corrected chi connectivity index (χ2v) is 12.9. The highest BCUT2D eigenvalue weighted by molar-refractivity contribution is 8.21. The minimum Gasteiger partial charge on any atom is -0.212 e. The first-order valence-electron chi connectivity index (χ1n) is 5.26. The Morgan fingerprint density at radius 1 is 1.00 bits per heavy atom. The molecule has 0 aliphatic heterocycles. The van der Waals surface area contributed by atoms with Gasteiger partial charge in [-0.25, -0.2) is 25.3 Å². The summed E-state index contributed by atoms with van der Waals surface area (Å²) < 4.78 is 68.5. The Bertz CT molecular complexity index is 850. The Labute approximate surface area is 137 Å². The summed E-state index contributed by atoms with van der Waals surface area (Å²) in [5.74, 6) is 0. The molecule has 0 saturated heterocycles. The van der Waals surface area contributed by atoms with Crippen molar-refractivity contribution in [3.63, 3.8) is 0 Å². The summed E-state index contributed by atoms with van der Waals surface area (Å²) in [7, 11) is 2.17. The largest absolute Gasteiger partial charge is 0.259 e. The summed E-state index contributed by atoms with van der Waals surface area (Å²) in [6, 6.07) is 0. The molecular weight excluding hydrogens is 407 g/mol. The number of halogens is 3. The van der Waals surface area contributed by atoms with E-state index in [4.69, 9.17) is 32.0 Å². The highest BCUT2D eigenvalue weighted by atomic mass is 35.7. The maximum absolute atomic E-state index is 12.0. The normalized spacial score (nSPS) is 28.5. The summed E-state index contributed by atoms with van der Waals surface area (Å²) >= 11 is 0. The molecule has 0 N–H and O–H groups in total. The van der Waals surface area contributed by atoms with E-state index in [9.17, 15) is 25.3 Å². The molecule has 0 amide bonds. The number of hydrogen-bond acceptors (Lipinski definition) is 6. The van der Waals surface area contributed by atoms with Gasteiger partial charge in [0.05, 0.1) is 4.91 Å². The zero-order valence-electron chi connectivity index (χ0n) is 11.0. The van der Waals surface area contributed by atoms with Crippen LogP contribution in [0, 0.1) is 0 Å². The van der Waals surface area contributed by atoms with E-state index in [1.165, 1.54) is 19.9 Å². The minimum atomic E-state index is -4.71. The molecule has 0 heterocycles. The lowest BCUT2D eigenvalue weighted by molar-refractivity contribution is 0.548. The van der Waals surface area contributed by atoms with Gasteiger partial charge in [0.1, 0.15) is 10.00 Å². The monoisotopic (exact) mass is 416 g/mol. The van der Waals surface area contributed by atoms with Crippen molar-refractivity contribution < 1.29 is 25.3 Å². The fourth-order valence-electron chi connectivity index (χ4n) is 2.59. The zero-order valence-corrected chi connectivity index (χ0v) is 15.7. The molecule has 1 rings (SSSR count). The van der Waals surface area contributed by atoms with Gasteiger partial charge < -0.3 is 0 Å². The molecular formula is C9H11Cl3O6S3. The third-order valence-corrected chi connectivity index (χ3v) is 9.53. The Balaban J connectivity index is 4.08. The molecule has 0 fully saturated rings. The van der Waals surface area contributed by atoms with Crippen LogP contribution >= 0.6 is 32.0 Å². The lowest BCUT2D eigenvalue weighted by Gasteiger charge is -2.37. The maximum Gasteiger partial charge on any atom is 0.259 e.